The maximum atomic E-state index is 11.3. The average molecular weight is 230 g/mol. The van der Waals surface area contributed by atoms with Crippen LogP contribution < -0.4 is 5.32 Å². The highest BCUT2D eigenvalue weighted by Crippen LogP contribution is 1.98. The Morgan fingerprint density at radius 2 is 2.12 bits per heavy atom. The molecule has 0 aliphatic heterocycles. The fraction of sp³-hybridized carbons (Fsp3) is 0.917. The van der Waals surface area contributed by atoms with Crippen molar-refractivity contribution in [2.24, 2.45) is 0 Å². The summed E-state index contributed by atoms with van der Waals surface area (Å²) in [5.74, 6) is 0.0889. The molecule has 0 saturated carbocycles. The molecule has 0 rings (SSSR count). The second-order valence-corrected chi connectivity index (χ2v) is 4.27. The SMILES string of the molecule is CCC(C)N(C)CCNC(=O)CCCCO. The summed E-state index contributed by atoms with van der Waals surface area (Å²) in [4.78, 5) is 13.6. The van der Waals surface area contributed by atoms with E-state index in [1.807, 2.05) is 0 Å². The van der Waals surface area contributed by atoms with E-state index in [4.69, 9.17) is 5.11 Å². The molecule has 1 unspecified atom stereocenters. The van der Waals surface area contributed by atoms with Gasteiger partial charge in [0.05, 0.1) is 0 Å². The lowest BCUT2D eigenvalue weighted by atomic mass is 10.2. The van der Waals surface area contributed by atoms with Gasteiger partial charge in [0.25, 0.3) is 0 Å². The monoisotopic (exact) mass is 230 g/mol. The molecule has 1 amide bonds. The molecule has 0 aliphatic carbocycles. The quantitative estimate of drug-likeness (QED) is 0.581. The Bertz CT molecular complexity index is 186. The Morgan fingerprint density at radius 1 is 1.44 bits per heavy atom. The number of carbonyl (C=O) groups excluding carboxylic acids is 1. The number of hydrogen-bond donors (Lipinski definition) is 2. The highest BCUT2D eigenvalue weighted by molar-refractivity contribution is 5.75. The van der Waals surface area contributed by atoms with Gasteiger partial charge in [0.2, 0.25) is 5.91 Å². The highest BCUT2D eigenvalue weighted by atomic mass is 16.2. The van der Waals surface area contributed by atoms with Gasteiger partial charge in [-0.25, -0.2) is 0 Å². The zero-order valence-electron chi connectivity index (χ0n) is 10.8. The third-order valence-electron chi connectivity index (χ3n) is 2.94. The van der Waals surface area contributed by atoms with Crippen LogP contribution in [0.3, 0.4) is 0 Å². The van der Waals surface area contributed by atoms with Crippen molar-refractivity contribution in [3.63, 3.8) is 0 Å². The summed E-state index contributed by atoms with van der Waals surface area (Å²) in [6.45, 7) is 6.11. The van der Waals surface area contributed by atoms with Crippen LogP contribution in [0.1, 0.15) is 39.5 Å². The zero-order chi connectivity index (χ0) is 12.4. The molecule has 4 nitrogen and oxygen atoms in total. The first-order valence-corrected chi connectivity index (χ1v) is 6.19. The number of hydrogen-bond acceptors (Lipinski definition) is 3. The Labute approximate surface area is 99.0 Å². The lowest BCUT2D eigenvalue weighted by Gasteiger charge is -2.23. The van der Waals surface area contributed by atoms with Crippen molar-refractivity contribution in [3.05, 3.63) is 0 Å². The molecular weight excluding hydrogens is 204 g/mol. The van der Waals surface area contributed by atoms with Crippen LogP contribution in [0.5, 0.6) is 0 Å². The Morgan fingerprint density at radius 3 is 2.69 bits per heavy atom. The minimum atomic E-state index is 0.0889. The van der Waals surface area contributed by atoms with Crippen molar-refractivity contribution in [1.29, 1.82) is 0 Å². The number of unbranched alkanes of at least 4 members (excludes halogenated alkanes) is 1. The molecule has 0 fully saturated rings. The van der Waals surface area contributed by atoms with Gasteiger partial charge in [-0.15, -0.1) is 0 Å². The van der Waals surface area contributed by atoms with Gasteiger partial charge in [-0.3, -0.25) is 4.79 Å². The third kappa shape index (κ3) is 7.65. The first-order chi connectivity index (χ1) is 7.61. The summed E-state index contributed by atoms with van der Waals surface area (Å²) in [6.07, 6.45) is 3.12. The molecule has 0 aliphatic rings. The van der Waals surface area contributed by atoms with Crippen LogP contribution in [0.2, 0.25) is 0 Å². The van der Waals surface area contributed by atoms with Crippen LogP contribution in [0.15, 0.2) is 0 Å². The van der Waals surface area contributed by atoms with E-state index in [1.165, 1.54) is 0 Å². The van der Waals surface area contributed by atoms with Crippen LogP contribution in [-0.2, 0) is 4.79 Å². The lowest BCUT2D eigenvalue weighted by molar-refractivity contribution is -0.121. The average Bonchev–Trinajstić information content (AvgIpc) is 2.28. The Kier molecular flexibility index (Phi) is 9.24. The number of aliphatic hydroxyl groups excluding tert-OH is 1. The van der Waals surface area contributed by atoms with Gasteiger partial charge in [0.15, 0.2) is 0 Å². The molecule has 0 heterocycles. The van der Waals surface area contributed by atoms with E-state index in [-0.39, 0.29) is 12.5 Å². The molecule has 0 aromatic carbocycles. The number of nitrogens with zero attached hydrogens (tertiary/aromatic N) is 1. The van der Waals surface area contributed by atoms with Gasteiger partial charge < -0.3 is 15.3 Å². The van der Waals surface area contributed by atoms with Gasteiger partial charge in [0, 0.05) is 32.2 Å². The normalized spacial score (nSPS) is 12.8. The van der Waals surface area contributed by atoms with E-state index >= 15 is 0 Å². The van der Waals surface area contributed by atoms with Crippen LogP contribution in [0.25, 0.3) is 0 Å². The van der Waals surface area contributed by atoms with E-state index in [9.17, 15) is 4.79 Å². The topological polar surface area (TPSA) is 52.6 Å². The number of aliphatic hydroxyl groups is 1. The molecule has 0 saturated heterocycles. The molecule has 4 heteroatoms. The predicted octanol–water partition coefficient (Wildman–Crippen LogP) is 0.995. The highest BCUT2D eigenvalue weighted by Gasteiger charge is 2.06. The summed E-state index contributed by atoms with van der Waals surface area (Å²) in [5.41, 5.74) is 0. The van der Waals surface area contributed by atoms with Crippen LogP contribution >= 0.6 is 0 Å². The van der Waals surface area contributed by atoms with E-state index in [0.29, 0.717) is 25.4 Å². The van der Waals surface area contributed by atoms with E-state index < -0.39 is 0 Å². The van der Waals surface area contributed by atoms with Gasteiger partial charge in [0.1, 0.15) is 0 Å². The minimum absolute atomic E-state index is 0.0889. The molecule has 0 bridgehead atoms. The molecule has 2 N–H and O–H groups in total. The first-order valence-electron chi connectivity index (χ1n) is 6.19. The van der Waals surface area contributed by atoms with Crippen LogP contribution in [-0.4, -0.2) is 48.7 Å². The number of carbonyl (C=O) groups is 1. The molecule has 96 valence electrons. The summed E-state index contributed by atoms with van der Waals surface area (Å²) in [7, 11) is 2.08. The van der Waals surface area contributed by atoms with E-state index in [2.05, 4.69) is 31.1 Å². The van der Waals surface area contributed by atoms with Gasteiger partial charge in [-0.1, -0.05) is 6.92 Å². The minimum Gasteiger partial charge on any atom is -0.396 e. The van der Waals surface area contributed by atoms with E-state index in [0.717, 1.165) is 19.4 Å². The summed E-state index contributed by atoms with van der Waals surface area (Å²) < 4.78 is 0. The van der Waals surface area contributed by atoms with Crippen molar-refractivity contribution in [1.82, 2.24) is 10.2 Å². The summed E-state index contributed by atoms with van der Waals surface area (Å²) in [6, 6.07) is 0.561. The van der Waals surface area contributed by atoms with E-state index in [1.54, 1.807) is 0 Å². The number of amides is 1. The Hall–Kier alpha value is -0.610. The van der Waals surface area contributed by atoms with Gasteiger partial charge >= 0.3 is 0 Å². The number of nitrogens with one attached hydrogen (secondary N) is 1. The second kappa shape index (κ2) is 9.60. The number of likely N-dealkylation sites (N-methyl/N-ethyl adjacent to an activating group) is 1. The molecular formula is C12H26N2O2. The van der Waals surface area contributed by atoms with Gasteiger partial charge in [-0.2, -0.15) is 0 Å². The standard InChI is InChI=1S/C12H26N2O2/c1-4-11(2)14(3)9-8-13-12(16)7-5-6-10-15/h11,15H,4-10H2,1-3H3,(H,13,16). The second-order valence-electron chi connectivity index (χ2n) is 4.27. The Balaban J connectivity index is 3.46. The van der Waals surface area contributed by atoms with Crippen molar-refractivity contribution in [2.45, 2.75) is 45.6 Å². The zero-order valence-corrected chi connectivity index (χ0v) is 10.8. The molecule has 1 atom stereocenters. The molecule has 0 spiro atoms. The first kappa shape index (κ1) is 15.4. The van der Waals surface area contributed by atoms with Crippen molar-refractivity contribution < 1.29 is 9.90 Å². The number of rotatable bonds is 9. The molecule has 0 aromatic rings. The van der Waals surface area contributed by atoms with Crippen molar-refractivity contribution >= 4 is 5.91 Å². The van der Waals surface area contributed by atoms with Crippen molar-refractivity contribution in [2.75, 3.05) is 26.7 Å². The predicted molar refractivity (Wildman–Crippen MR) is 66.3 cm³/mol. The molecule has 16 heavy (non-hydrogen) atoms. The lowest BCUT2D eigenvalue weighted by Crippen LogP contribution is -2.36. The maximum absolute atomic E-state index is 11.3. The van der Waals surface area contributed by atoms with Gasteiger partial charge in [-0.05, 0) is 33.2 Å². The van der Waals surface area contributed by atoms with Crippen LogP contribution in [0, 0.1) is 0 Å². The largest absolute Gasteiger partial charge is 0.396 e. The molecule has 0 aromatic heterocycles. The summed E-state index contributed by atoms with van der Waals surface area (Å²) in [5, 5.41) is 11.5. The smallest absolute Gasteiger partial charge is 0.220 e. The molecule has 0 radical (unpaired) electrons. The third-order valence-corrected chi connectivity index (χ3v) is 2.94. The van der Waals surface area contributed by atoms with Crippen LogP contribution in [0.4, 0.5) is 0 Å². The fourth-order valence-corrected chi connectivity index (χ4v) is 1.39. The summed E-state index contributed by atoms with van der Waals surface area (Å²) >= 11 is 0. The maximum Gasteiger partial charge on any atom is 0.220 e. The van der Waals surface area contributed by atoms with Crippen molar-refractivity contribution in [3.8, 4) is 0 Å². The fourth-order valence-electron chi connectivity index (χ4n) is 1.39.